The van der Waals surface area contributed by atoms with Crippen LogP contribution in [0.1, 0.15) is 76.7 Å². The van der Waals surface area contributed by atoms with Crippen LogP contribution in [0, 0.1) is 12.3 Å². The Hall–Kier alpha value is -2.89. The Bertz CT molecular complexity index is 1060. The van der Waals surface area contributed by atoms with Crippen LogP contribution in [0.2, 0.25) is 0 Å². The van der Waals surface area contributed by atoms with Gasteiger partial charge in [0.25, 0.3) is 0 Å². The maximum atomic E-state index is 8.78. The Morgan fingerprint density at radius 1 is 0.867 bits per heavy atom. The predicted octanol–water partition coefficient (Wildman–Crippen LogP) is 8.64. The van der Waals surface area contributed by atoms with Gasteiger partial charge < -0.3 is 4.57 Å². The third kappa shape index (κ3) is 5.38. The molecule has 0 aliphatic carbocycles. The number of benzene rings is 2. The van der Waals surface area contributed by atoms with Gasteiger partial charge in [-0.05, 0) is 42.3 Å². The molecule has 0 spiro atoms. The lowest BCUT2D eigenvalue weighted by molar-refractivity contribution is 0.541. The minimum absolute atomic E-state index is 0.633. The largest absolute Gasteiger partial charge is 0.340 e. The van der Waals surface area contributed by atoms with Gasteiger partial charge in [-0.25, -0.2) is 0 Å². The van der Waals surface area contributed by atoms with E-state index in [1.165, 1.54) is 75.2 Å². The van der Waals surface area contributed by atoms with Crippen LogP contribution in [-0.4, -0.2) is 4.57 Å². The van der Waals surface area contributed by atoms with E-state index in [0.717, 1.165) is 22.9 Å². The van der Waals surface area contributed by atoms with Crippen LogP contribution >= 0.6 is 0 Å². The minimum atomic E-state index is 0.633. The average molecular weight is 401 g/mol. The Morgan fingerprint density at radius 3 is 2.10 bits per heavy atom. The lowest BCUT2D eigenvalue weighted by Gasteiger charge is -2.08. The standard InChI is InChI=1S/C26H32N4/c1-3-5-6-7-8-9-10-11-12-13-18-30-25-16-14-21(4-2)19-23(25)24-20-22(28-29-27)15-17-26(24)30/h2,14-17,19-20H,3,5-13,18H2,1H3. The van der Waals surface area contributed by atoms with E-state index in [4.69, 9.17) is 12.0 Å². The minimum Gasteiger partial charge on any atom is -0.340 e. The Morgan fingerprint density at radius 2 is 1.47 bits per heavy atom. The van der Waals surface area contributed by atoms with Crippen LogP contribution in [0.15, 0.2) is 41.5 Å². The molecule has 4 heteroatoms. The zero-order chi connectivity index (χ0) is 21.2. The zero-order valence-corrected chi connectivity index (χ0v) is 18.1. The fourth-order valence-corrected chi connectivity index (χ4v) is 4.29. The number of hydrogen-bond donors (Lipinski definition) is 0. The summed E-state index contributed by atoms with van der Waals surface area (Å²) in [5.41, 5.74) is 12.6. The molecule has 0 amide bonds. The molecule has 0 saturated heterocycles. The van der Waals surface area contributed by atoms with Crippen molar-refractivity contribution < 1.29 is 0 Å². The molecule has 0 N–H and O–H groups in total. The van der Waals surface area contributed by atoms with Gasteiger partial charge >= 0.3 is 0 Å². The van der Waals surface area contributed by atoms with Crippen molar-refractivity contribution in [3.63, 3.8) is 0 Å². The maximum Gasteiger partial charge on any atom is 0.0492 e. The summed E-state index contributed by atoms with van der Waals surface area (Å²) in [4.78, 5) is 2.92. The van der Waals surface area contributed by atoms with E-state index in [9.17, 15) is 0 Å². The Labute approximate surface area is 179 Å². The third-order valence-corrected chi connectivity index (χ3v) is 5.91. The molecule has 0 aliphatic rings. The van der Waals surface area contributed by atoms with E-state index < -0.39 is 0 Å². The van der Waals surface area contributed by atoms with Gasteiger partial charge in [-0.3, -0.25) is 0 Å². The Balaban J connectivity index is 1.66. The third-order valence-electron chi connectivity index (χ3n) is 5.91. The van der Waals surface area contributed by atoms with Crippen molar-refractivity contribution in [3.05, 3.63) is 52.4 Å². The quantitative estimate of drug-likeness (QED) is 0.0960. The van der Waals surface area contributed by atoms with E-state index in [-0.39, 0.29) is 0 Å². The van der Waals surface area contributed by atoms with Crippen LogP contribution in [0.5, 0.6) is 0 Å². The fourth-order valence-electron chi connectivity index (χ4n) is 4.29. The smallest absolute Gasteiger partial charge is 0.0492 e. The molecule has 3 rings (SSSR count). The van der Waals surface area contributed by atoms with E-state index in [1.54, 1.807) is 0 Å². The second-order valence-electron chi connectivity index (χ2n) is 8.10. The lowest BCUT2D eigenvalue weighted by Crippen LogP contribution is -1.97. The number of aromatic nitrogens is 1. The van der Waals surface area contributed by atoms with Crippen molar-refractivity contribution in [3.8, 4) is 12.3 Å². The summed E-state index contributed by atoms with van der Waals surface area (Å²) in [5, 5.41) is 6.00. The summed E-state index contributed by atoms with van der Waals surface area (Å²) in [6.07, 6.45) is 19.0. The molecule has 3 aromatic rings. The first-order valence-electron chi connectivity index (χ1n) is 11.4. The molecule has 1 heterocycles. The summed E-state index contributed by atoms with van der Waals surface area (Å²) in [6, 6.07) is 12.1. The molecule has 1 aromatic heterocycles. The lowest BCUT2D eigenvalue weighted by atomic mass is 10.1. The second kappa shape index (κ2) is 11.3. The van der Waals surface area contributed by atoms with Crippen molar-refractivity contribution in [2.45, 2.75) is 77.7 Å². The van der Waals surface area contributed by atoms with Gasteiger partial charge in [-0.15, -0.1) is 6.42 Å². The molecule has 30 heavy (non-hydrogen) atoms. The first kappa shape index (κ1) is 21.8. The number of terminal acetylenes is 1. The molecule has 0 fully saturated rings. The molecule has 0 radical (unpaired) electrons. The highest BCUT2D eigenvalue weighted by Crippen LogP contribution is 2.33. The highest BCUT2D eigenvalue weighted by Gasteiger charge is 2.11. The first-order chi connectivity index (χ1) is 14.8. The topological polar surface area (TPSA) is 53.7 Å². The molecule has 0 saturated carbocycles. The van der Waals surface area contributed by atoms with Gasteiger partial charge in [0, 0.05) is 44.5 Å². The van der Waals surface area contributed by atoms with Crippen LogP contribution in [0.3, 0.4) is 0 Å². The monoisotopic (exact) mass is 400 g/mol. The van der Waals surface area contributed by atoms with Gasteiger partial charge in [0.2, 0.25) is 0 Å². The summed E-state index contributed by atoms with van der Waals surface area (Å²) < 4.78 is 2.38. The van der Waals surface area contributed by atoms with Crippen molar-refractivity contribution in [2.24, 2.45) is 5.11 Å². The van der Waals surface area contributed by atoms with E-state index in [0.29, 0.717) is 5.69 Å². The van der Waals surface area contributed by atoms with Crippen LogP contribution in [0.4, 0.5) is 5.69 Å². The summed E-state index contributed by atoms with van der Waals surface area (Å²) in [5.74, 6) is 2.73. The van der Waals surface area contributed by atoms with E-state index in [1.807, 2.05) is 18.2 Å². The van der Waals surface area contributed by atoms with Crippen molar-refractivity contribution >= 4 is 27.5 Å². The van der Waals surface area contributed by atoms with E-state index in [2.05, 4.69) is 45.6 Å². The van der Waals surface area contributed by atoms with Crippen LogP contribution in [-0.2, 0) is 6.54 Å². The maximum absolute atomic E-state index is 8.78. The Kier molecular flexibility index (Phi) is 8.24. The molecule has 0 bridgehead atoms. The molecule has 0 unspecified atom stereocenters. The number of rotatable bonds is 12. The van der Waals surface area contributed by atoms with Gasteiger partial charge in [0.05, 0.1) is 0 Å². The van der Waals surface area contributed by atoms with E-state index >= 15 is 0 Å². The summed E-state index contributed by atoms with van der Waals surface area (Å²) >= 11 is 0. The molecule has 156 valence electrons. The average Bonchev–Trinajstić information content (AvgIpc) is 3.07. The number of unbranched alkanes of at least 4 members (excludes halogenated alkanes) is 9. The molecule has 0 atom stereocenters. The van der Waals surface area contributed by atoms with Gasteiger partial charge in [-0.1, -0.05) is 81.8 Å². The summed E-state index contributed by atoms with van der Waals surface area (Å²) in [6.45, 7) is 3.26. The summed E-state index contributed by atoms with van der Waals surface area (Å²) in [7, 11) is 0. The number of fused-ring (bicyclic) bond motifs is 3. The molecular formula is C26H32N4. The van der Waals surface area contributed by atoms with Crippen LogP contribution in [0.25, 0.3) is 32.2 Å². The van der Waals surface area contributed by atoms with Gasteiger partial charge in [0.15, 0.2) is 0 Å². The van der Waals surface area contributed by atoms with Gasteiger partial charge in [-0.2, -0.15) is 0 Å². The van der Waals surface area contributed by atoms with Crippen LogP contribution < -0.4 is 0 Å². The number of azide groups is 1. The number of aryl methyl sites for hydroxylation is 1. The molecule has 2 aromatic carbocycles. The highest BCUT2D eigenvalue weighted by molar-refractivity contribution is 6.09. The normalized spacial score (nSPS) is 10.9. The SMILES string of the molecule is C#Cc1ccc2c(c1)c1cc(N=[N+]=[N-])ccc1n2CCCCCCCCCCCC. The van der Waals surface area contributed by atoms with Gasteiger partial charge in [0.1, 0.15) is 0 Å². The molecule has 4 nitrogen and oxygen atoms in total. The first-order valence-corrected chi connectivity index (χ1v) is 11.4. The predicted molar refractivity (Wildman–Crippen MR) is 128 cm³/mol. The second-order valence-corrected chi connectivity index (χ2v) is 8.10. The fraction of sp³-hybridized carbons (Fsp3) is 0.462. The number of nitrogens with zero attached hydrogens (tertiary/aromatic N) is 4. The molecule has 0 aliphatic heterocycles. The van der Waals surface area contributed by atoms with Crippen molar-refractivity contribution in [1.82, 2.24) is 4.57 Å². The number of hydrogen-bond acceptors (Lipinski definition) is 1. The van der Waals surface area contributed by atoms with Crippen molar-refractivity contribution in [2.75, 3.05) is 0 Å². The highest BCUT2D eigenvalue weighted by atomic mass is 15.1. The van der Waals surface area contributed by atoms with Crippen molar-refractivity contribution in [1.29, 1.82) is 0 Å². The zero-order valence-electron chi connectivity index (χ0n) is 18.1. The molecular weight excluding hydrogens is 368 g/mol.